The zero-order valence-electron chi connectivity index (χ0n) is 9.42. The number of hydrogen-bond acceptors (Lipinski definition) is 4. The van der Waals surface area contributed by atoms with Crippen LogP contribution in [0, 0.1) is 0 Å². The Bertz CT molecular complexity index is 665. The average molecular weight is 260 g/mol. The van der Waals surface area contributed by atoms with Crippen molar-refractivity contribution in [2.45, 2.75) is 6.54 Å². The van der Waals surface area contributed by atoms with Crippen molar-refractivity contribution in [3.8, 4) is 0 Å². The van der Waals surface area contributed by atoms with Gasteiger partial charge in [0.25, 0.3) is 0 Å². The van der Waals surface area contributed by atoms with E-state index in [1.165, 1.54) is 5.56 Å². The SMILES string of the molecule is Clc1nc(NCc2ccccc2)c2cncn2n1. The van der Waals surface area contributed by atoms with E-state index in [9.17, 15) is 0 Å². The van der Waals surface area contributed by atoms with E-state index >= 15 is 0 Å². The Kier molecular flexibility index (Phi) is 2.82. The third-order valence-electron chi connectivity index (χ3n) is 2.56. The normalized spacial score (nSPS) is 10.7. The smallest absolute Gasteiger partial charge is 0.243 e. The summed E-state index contributed by atoms with van der Waals surface area (Å²) in [6.07, 6.45) is 3.29. The van der Waals surface area contributed by atoms with Crippen LogP contribution < -0.4 is 5.32 Å². The first kappa shape index (κ1) is 11.0. The summed E-state index contributed by atoms with van der Waals surface area (Å²) in [6.45, 7) is 0.676. The van der Waals surface area contributed by atoms with Crippen LogP contribution in [0.4, 0.5) is 5.82 Å². The van der Waals surface area contributed by atoms with Gasteiger partial charge in [-0.15, -0.1) is 5.10 Å². The van der Waals surface area contributed by atoms with Crippen LogP contribution in [-0.4, -0.2) is 19.6 Å². The van der Waals surface area contributed by atoms with Crippen molar-refractivity contribution in [1.82, 2.24) is 19.6 Å². The number of nitrogens with zero attached hydrogens (tertiary/aromatic N) is 4. The summed E-state index contributed by atoms with van der Waals surface area (Å²) >= 11 is 5.85. The van der Waals surface area contributed by atoms with Crippen molar-refractivity contribution >= 4 is 22.9 Å². The Morgan fingerprint density at radius 1 is 1.22 bits per heavy atom. The van der Waals surface area contributed by atoms with Gasteiger partial charge in [-0.3, -0.25) is 0 Å². The molecule has 0 aliphatic rings. The molecule has 1 aromatic carbocycles. The predicted octanol–water partition coefficient (Wildman–Crippen LogP) is 2.39. The number of nitrogens with one attached hydrogen (secondary N) is 1. The molecule has 1 N–H and O–H groups in total. The van der Waals surface area contributed by atoms with Crippen molar-refractivity contribution in [2.24, 2.45) is 0 Å². The van der Waals surface area contributed by atoms with E-state index in [4.69, 9.17) is 11.6 Å². The monoisotopic (exact) mass is 259 g/mol. The van der Waals surface area contributed by atoms with E-state index < -0.39 is 0 Å². The molecule has 2 aromatic heterocycles. The van der Waals surface area contributed by atoms with Gasteiger partial charge >= 0.3 is 0 Å². The number of anilines is 1. The van der Waals surface area contributed by atoms with Crippen molar-refractivity contribution < 1.29 is 0 Å². The van der Waals surface area contributed by atoms with E-state index in [1.54, 1.807) is 17.0 Å². The minimum atomic E-state index is 0.191. The van der Waals surface area contributed by atoms with Gasteiger partial charge in [0.15, 0.2) is 5.82 Å². The molecule has 0 saturated heterocycles. The maximum absolute atomic E-state index is 5.85. The van der Waals surface area contributed by atoms with Gasteiger partial charge in [-0.1, -0.05) is 30.3 Å². The molecule has 2 heterocycles. The highest BCUT2D eigenvalue weighted by molar-refractivity contribution is 6.28. The first-order valence-corrected chi connectivity index (χ1v) is 5.84. The van der Waals surface area contributed by atoms with Crippen LogP contribution in [0.15, 0.2) is 42.9 Å². The Labute approximate surface area is 108 Å². The summed E-state index contributed by atoms with van der Waals surface area (Å²) in [6, 6.07) is 10.1. The summed E-state index contributed by atoms with van der Waals surface area (Å²) in [5, 5.41) is 7.45. The molecule has 18 heavy (non-hydrogen) atoms. The lowest BCUT2D eigenvalue weighted by atomic mass is 10.2. The first-order chi connectivity index (χ1) is 8.83. The van der Waals surface area contributed by atoms with Crippen LogP contribution in [-0.2, 0) is 6.54 Å². The van der Waals surface area contributed by atoms with E-state index in [0.29, 0.717) is 12.4 Å². The Morgan fingerprint density at radius 3 is 2.89 bits per heavy atom. The zero-order chi connectivity index (χ0) is 12.4. The molecule has 0 unspecified atom stereocenters. The minimum Gasteiger partial charge on any atom is -0.364 e. The highest BCUT2D eigenvalue weighted by Crippen LogP contribution is 2.15. The fourth-order valence-electron chi connectivity index (χ4n) is 1.71. The van der Waals surface area contributed by atoms with Crippen LogP contribution >= 0.6 is 11.6 Å². The van der Waals surface area contributed by atoms with E-state index in [-0.39, 0.29) is 5.28 Å². The van der Waals surface area contributed by atoms with Crippen molar-refractivity contribution in [3.63, 3.8) is 0 Å². The molecule has 0 atom stereocenters. The molecule has 5 nitrogen and oxygen atoms in total. The third-order valence-corrected chi connectivity index (χ3v) is 2.72. The molecule has 0 spiro atoms. The van der Waals surface area contributed by atoms with Gasteiger partial charge in [-0.2, -0.15) is 4.98 Å². The van der Waals surface area contributed by atoms with Gasteiger partial charge in [0.2, 0.25) is 5.28 Å². The minimum absolute atomic E-state index is 0.191. The van der Waals surface area contributed by atoms with Crippen molar-refractivity contribution in [1.29, 1.82) is 0 Å². The molecule has 0 radical (unpaired) electrons. The van der Waals surface area contributed by atoms with Crippen LogP contribution in [0.5, 0.6) is 0 Å². The lowest BCUT2D eigenvalue weighted by Gasteiger charge is -2.07. The summed E-state index contributed by atoms with van der Waals surface area (Å²) in [4.78, 5) is 8.19. The number of benzene rings is 1. The van der Waals surface area contributed by atoms with Gasteiger partial charge < -0.3 is 5.32 Å². The van der Waals surface area contributed by atoms with Crippen LogP contribution in [0.2, 0.25) is 5.28 Å². The second kappa shape index (κ2) is 4.62. The Hall–Kier alpha value is -2.14. The second-order valence-corrected chi connectivity index (χ2v) is 4.13. The van der Waals surface area contributed by atoms with E-state index in [2.05, 4.69) is 20.4 Å². The van der Waals surface area contributed by atoms with E-state index in [1.807, 2.05) is 30.3 Å². The Morgan fingerprint density at radius 2 is 2.06 bits per heavy atom. The molecule has 0 bridgehead atoms. The van der Waals surface area contributed by atoms with Crippen LogP contribution in [0.25, 0.3) is 5.52 Å². The van der Waals surface area contributed by atoms with Gasteiger partial charge in [0, 0.05) is 6.54 Å². The number of rotatable bonds is 3. The van der Waals surface area contributed by atoms with Crippen LogP contribution in [0.3, 0.4) is 0 Å². The molecule has 3 rings (SSSR count). The molecular weight excluding hydrogens is 250 g/mol. The van der Waals surface area contributed by atoms with Crippen LogP contribution in [0.1, 0.15) is 5.56 Å². The summed E-state index contributed by atoms with van der Waals surface area (Å²) in [5.74, 6) is 0.677. The fraction of sp³-hybridized carbons (Fsp3) is 0.0833. The highest BCUT2D eigenvalue weighted by atomic mass is 35.5. The molecule has 0 aliphatic heterocycles. The third kappa shape index (κ3) is 2.12. The van der Waals surface area contributed by atoms with Gasteiger partial charge in [-0.05, 0) is 17.2 Å². The number of hydrogen-bond donors (Lipinski definition) is 1. The molecule has 0 fully saturated rings. The molecule has 0 aliphatic carbocycles. The first-order valence-electron chi connectivity index (χ1n) is 5.46. The van der Waals surface area contributed by atoms with Gasteiger partial charge in [0.05, 0.1) is 6.20 Å². The lowest BCUT2D eigenvalue weighted by molar-refractivity contribution is 0.890. The maximum Gasteiger partial charge on any atom is 0.243 e. The summed E-state index contributed by atoms with van der Waals surface area (Å²) < 4.78 is 1.60. The number of halogens is 1. The highest BCUT2D eigenvalue weighted by Gasteiger charge is 2.06. The van der Waals surface area contributed by atoms with Crippen molar-refractivity contribution in [2.75, 3.05) is 5.32 Å². The zero-order valence-corrected chi connectivity index (χ0v) is 10.2. The summed E-state index contributed by atoms with van der Waals surface area (Å²) in [5.41, 5.74) is 1.97. The fourth-order valence-corrected chi connectivity index (χ4v) is 1.88. The molecule has 0 saturated carbocycles. The topological polar surface area (TPSA) is 55.1 Å². The van der Waals surface area contributed by atoms with E-state index in [0.717, 1.165) is 5.52 Å². The average Bonchev–Trinajstić information content (AvgIpc) is 2.85. The van der Waals surface area contributed by atoms with Gasteiger partial charge in [0.1, 0.15) is 11.8 Å². The standard InChI is InChI=1S/C12H10ClN5/c13-12-16-11(10-7-14-8-18(10)17-12)15-6-9-4-2-1-3-5-9/h1-5,7-8H,6H2,(H,15,16,17). The molecule has 3 aromatic rings. The number of fused-ring (bicyclic) bond motifs is 1. The number of aromatic nitrogens is 4. The van der Waals surface area contributed by atoms with Crippen molar-refractivity contribution in [3.05, 3.63) is 53.7 Å². The Balaban J connectivity index is 1.88. The predicted molar refractivity (Wildman–Crippen MR) is 69.6 cm³/mol. The second-order valence-electron chi connectivity index (χ2n) is 3.79. The summed E-state index contributed by atoms with van der Waals surface area (Å²) in [7, 11) is 0. The molecule has 6 heteroatoms. The lowest BCUT2D eigenvalue weighted by Crippen LogP contribution is -2.05. The molecular formula is C12H10ClN5. The largest absolute Gasteiger partial charge is 0.364 e. The number of imidazole rings is 1. The molecule has 0 amide bonds. The quantitative estimate of drug-likeness (QED) is 0.785. The van der Waals surface area contributed by atoms with Gasteiger partial charge in [-0.25, -0.2) is 9.50 Å². The molecule has 90 valence electrons. The maximum atomic E-state index is 5.85.